The SMILES string of the molecule is CNC(=O)c1ccc(OC)c2oc(C)cc12. The van der Waals surface area contributed by atoms with Gasteiger partial charge in [-0.2, -0.15) is 0 Å². The van der Waals surface area contributed by atoms with Gasteiger partial charge in [0.25, 0.3) is 5.91 Å². The molecule has 0 aliphatic heterocycles. The van der Waals surface area contributed by atoms with Gasteiger partial charge in [0.2, 0.25) is 0 Å². The van der Waals surface area contributed by atoms with E-state index >= 15 is 0 Å². The molecule has 0 atom stereocenters. The predicted molar refractivity (Wildman–Crippen MR) is 60.9 cm³/mol. The Morgan fingerprint density at radius 1 is 1.44 bits per heavy atom. The van der Waals surface area contributed by atoms with Crippen LogP contribution in [0.1, 0.15) is 16.1 Å². The Hall–Kier alpha value is -1.97. The summed E-state index contributed by atoms with van der Waals surface area (Å²) in [5.74, 6) is 1.26. The van der Waals surface area contributed by atoms with E-state index in [9.17, 15) is 4.79 Å². The maximum atomic E-state index is 11.6. The number of aryl methyl sites for hydroxylation is 1. The summed E-state index contributed by atoms with van der Waals surface area (Å²) >= 11 is 0. The van der Waals surface area contributed by atoms with Crippen molar-refractivity contribution in [1.29, 1.82) is 0 Å². The monoisotopic (exact) mass is 219 g/mol. The first-order chi connectivity index (χ1) is 7.67. The van der Waals surface area contributed by atoms with Gasteiger partial charge < -0.3 is 14.5 Å². The number of fused-ring (bicyclic) bond motifs is 1. The molecule has 0 spiro atoms. The van der Waals surface area contributed by atoms with E-state index < -0.39 is 0 Å². The summed E-state index contributed by atoms with van der Waals surface area (Å²) < 4.78 is 10.7. The summed E-state index contributed by atoms with van der Waals surface area (Å²) in [6, 6.07) is 5.30. The summed E-state index contributed by atoms with van der Waals surface area (Å²) in [5, 5.41) is 3.37. The fourth-order valence-electron chi connectivity index (χ4n) is 1.72. The Morgan fingerprint density at radius 3 is 2.81 bits per heavy atom. The molecule has 84 valence electrons. The third kappa shape index (κ3) is 1.52. The fourth-order valence-corrected chi connectivity index (χ4v) is 1.72. The van der Waals surface area contributed by atoms with Crippen LogP contribution >= 0.6 is 0 Å². The van der Waals surface area contributed by atoms with E-state index in [1.54, 1.807) is 26.3 Å². The molecule has 0 bridgehead atoms. The molecule has 1 amide bonds. The summed E-state index contributed by atoms with van der Waals surface area (Å²) in [5.41, 5.74) is 1.20. The summed E-state index contributed by atoms with van der Waals surface area (Å²) in [4.78, 5) is 11.6. The highest BCUT2D eigenvalue weighted by molar-refractivity contribution is 6.07. The van der Waals surface area contributed by atoms with E-state index in [1.165, 1.54) is 0 Å². The highest BCUT2D eigenvalue weighted by atomic mass is 16.5. The first-order valence-corrected chi connectivity index (χ1v) is 4.96. The van der Waals surface area contributed by atoms with E-state index in [-0.39, 0.29) is 5.91 Å². The van der Waals surface area contributed by atoms with Crippen molar-refractivity contribution in [2.45, 2.75) is 6.92 Å². The number of rotatable bonds is 2. The molecule has 0 fully saturated rings. The van der Waals surface area contributed by atoms with Crippen LogP contribution in [0.25, 0.3) is 11.0 Å². The minimum absolute atomic E-state index is 0.131. The van der Waals surface area contributed by atoms with Gasteiger partial charge in [0.05, 0.1) is 12.7 Å². The number of ether oxygens (including phenoxy) is 1. The molecular weight excluding hydrogens is 206 g/mol. The molecular formula is C12H13NO3. The van der Waals surface area contributed by atoms with Gasteiger partial charge in [-0.25, -0.2) is 0 Å². The zero-order valence-corrected chi connectivity index (χ0v) is 9.46. The second-order valence-corrected chi connectivity index (χ2v) is 3.49. The molecule has 1 N–H and O–H groups in total. The van der Waals surface area contributed by atoms with E-state index in [0.717, 1.165) is 11.1 Å². The first-order valence-electron chi connectivity index (χ1n) is 4.96. The highest BCUT2D eigenvalue weighted by Gasteiger charge is 2.15. The van der Waals surface area contributed by atoms with Crippen molar-refractivity contribution in [3.05, 3.63) is 29.5 Å². The average molecular weight is 219 g/mol. The maximum absolute atomic E-state index is 11.6. The summed E-state index contributed by atoms with van der Waals surface area (Å²) in [6.07, 6.45) is 0. The minimum Gasteiger partial charge on any atom is -0.493 e. The predicted octanol–water partition coefficient (Wildman–Crippen LogP) is 2.11. The lowest BCUT2D eigenvalue weighted by molar-refractivity contribution is 0.0964. The third-order valence-corrected chi connectivity index (χ3v) is 2.46. The summed E-state index contributed by atoms with van der Waals surface area (Å²) in [7, 11) is 3.18. The lowest BCUT2D eigenvalue weighted by atomic mass is 10.1. The van der Waals surface area contributed by atoms with Crippen molar-refractivity contribution in [2.75, 3.05) is 14.2 Å². The van der Waals surface area contributed by atoms with Crippen LogP contribution in [0.4, 0.5) is 0 Å². The molecule has 4 heteroatoms. The third-order valence-electron chi connectivity index (χ3n) is 2.46. The van der Waals surface area contributed by atoms with Crippen molar-refractivity contribution in [1.82, 2.24) is 5.32 Å². The van der Waals surface area contributed by atoms with E-state index in [1.807, 2.05) is 13.0 Å². The molecule has 0 aliphatic rings. The number of benzene rings is 1. The number of carbonyl (C=O) groups is 1. The Morgan fingerprint density at radius 2 is 2.19 bits per heavy atom. The van der Waals surface area contributed by atoms with Crippen LogP contribution in [-0.2, 0) is 0 Å². The quantitative estimate of drug-likeness (QED) is 0.841. The number of methoxy groups -OCH3 is 1. The molecule has 4 nitrogen and oxygen atoms in total. The summed E-state index contributed by atoms with van der Waals surface area (Å²) in [6.45, 7) is 1.84. The van der Waals surface area contributed by atoms with Crippen molar-refractivity contribution < 1.29 is 13.9 Å². The van der Waals surface area contributed by atoms with Crippen LogP contribution in [0.2, 0.25) is 0 Å². The fraction of sp³-hybridized carbons (Fsp3) is 0.250. The van der Waals surface area contributed by atoms with Crippen molar-refractivity contribution in [2.24, 2.45) is 0 Å². The number of carbonyl (C=O) groups excluding carboxylic acids is 1. The molecule has 2 aromatic rings. The van der Waals surface area contributed by atoms with Gasteiger partial charge in [-0.15, -0.1) is 0 Å². The van der Waals surface area contributed by atoms with Gasteiger partial charge in [-0.1, -0.05) is 0 Å². The van der Waals surface area contributed by atoms with Crippen molar-refractivity contribution in [3.63, 3.8) is 0 Å². The van der Waals surface area contributed by atoms with Gasteiger partial charge in [0, 0.05) is 12.4 Å². The number of hydrogen-bond donors (Lipinski definition) is 1. The highest BCUT2D eigenvalue weighted by Crippen LogP contribution is 2.31. The number of hydrogen-bond acceptors (Lipinski definition) is 3. The van der Waals surface area contributed by atoms with Crippen LogP contribution in [-0.4, -0.2) is 20.1 Å². The number of furan rings is 1. The Balaban J connectivity index is 2.73. The first kappa shape index (κ1) is 10.5. The molecule has 0 aliphatic carbocycles. The zero-order valence-electron chi connectivity index (χ0n) is 9.46. The van der Waals surface area contributed by atoms with Crippen LogP contribution in [0, 0.1) is 6.92 Å². The lowest BCUT2D eigenvalue weighted by Crippen LogP contribution is -2.17. The molecule has 2 rings (SSSR count). The molecule has 1 heterocycles. The van der Waals surface area contributed by atoms with Gasteiger partial charge >= 0.3 is 0 Å². The topological polar surface area (TPSA) is 51.5 Å². The van der Waals surface area contributed by atoms with Gasteiger partial charge in [0.15, 0.2) is 11.3 Å². The zero-order chi connectivity index (χ0) is 11.7. The van der Waals surface area contributed by atoms with E-state index in [4.69, 9.17) is 9.15 Å². The normalized spacial score (nSPS) is 10.4. The molecule has 0 unspecified atom stereocenters. The molecule has 1 aromatic heterocycles. The second kappa shape index (κ2) is 3.89. The second-order valence-electron chi connectivity index (χ2n) is 3.49. The van der Waals surface area contributed by atoms with Crippen molar-refractivity contribution >= 4 is 16.9 Å². The van der Waals surface area contributed by atoms with Gasteiger partial charge in [-0.05, 0) is 25.1 Å². The Kier molecular flexibility index (Phi) is 2.56. The van der Waals surface area contributed by atoms with Crippen LogP contribution < -0.4 is 10.1 Å². The Labute approximate surface area is 93.2 Å². The van der Waals surface area contributed by atoms with Gasteiger partial charge in [0.1, 0.15) is 5.76 Å². The van der Waals surface area contributed by atoms with Crippen LogP contribution in [0.3, 0.4) is 0 Å². The van der Waals surface area contributed by atoms with Gasteiger partial charge in [-0.3, -0.25) is 4.79 Å². The molecule has 0 radical (unpaired) electrons. The van der Waals surface area contributed by atoms with E-state index in [0.29, 0.717) is 16.9 Å². The van der Waals surface area contributed by atoms with Crippen LogP contribution in [0.5, 0.6) is 5.75 Å². The standard InChI is InChI=1S/C12H13NO3/c1-7-6-9-8(12(14)13-2)4-5-10(15-3)11(9)16-7/h4-6H,1-3H3,(H,13,14). The number of nitrogens with one attached hydrogen (secondary N) is 1. The molecule has 0 saturated carbocycles. The Bertz CT molecular complexity index is 542. The largest absolute Gasteiger partial charge is 0.493 e. The van der Waals surface area contributed by atoms with E-state index in [2.05, 4.69) is 5.32 Å². The van der Waals surface area contributed by atoms with Crippen molar-refractivity contribution in [3.8, 4) is 5.75 Å². The lowest BCUT2D eigenvalue weighted by Gasteiger charge is -2.04. The molecule has 1 aromatic carbocycles. The smallest absolute Gasteiger partial charge is 0.251 e. The maximum Gasteiger partial charge on any atom is 0.251 e. The molecule has 0 saturated heterocycles. The minimum atomic E-state index is -0.131. The number of amides is 1. The molecule has 16 heavy (non-hydrogen) atoms. The average Bonchev–Trinajstić information content (AvgIpc) is 2.67. The van der Waals surface area contributed by atoms with Crippen LogP contribution in [0.15, 0.2) is 22.6 Å².